The van der Waals surface area contributed by atoms with Crippen molar-refractivity contribution in [3.05, 3.63) is 0 Å². The maximum atomic E-state index is 10.2. The second-order valence-corrected chi connectivity index (χ2v) is 5.26. The zero-order valence-electron chi connectivity index (χ0n) is 13.0. The monoisotopic (exact) mass is 258 g/mol. The first-order valence-corrected chi connectivity index (χ1v) is 7.80. The quantitative estimate of drug-likeness (QED) is 0.583. The first kappa shape index (κ1) is 17.9. The minimum absolute atomic E-state index is 0.207. The molecule has 0 unspecified atom stereocenters. The second-order valence-electron chi connectivity index (χ2n) is 5.26. The molecule has 0 saturated carbocycles. The number of hydrogen-bond donors (Lipinski definition) is 1. The molecule has 0 radical (unpaired) electrons. The van der Waals surface area contributed by atoms with Gasteiger partial charge in [-0.1, -0.05) is 27.7 Å². The zero-order chi connectivity index (χ0) is 13.8. The molecule has 0 aromatic rings. The van der Waals surface area contributed by atoms with Crippen LogP contribution in [-0.2, 0) is 0 Å². The summed E-state index contributed by atoms with van der Waals surface area (Å²) < 4.78 is 0. The summed E-state index contributed by atoms with van der Waals surface area (Å²) in [5.74, 6) is 0. The summed E-state index contributed by atoms with van der Waals surface area (Å²) in [6.07, 6.45) is 4.46. The molecule has 0 aromatic carbocycles. The lowest BCUT2D eigenvalue weighted by molar-refractivity contribution is 0.0734. The summed E-state index contributed by atoms with van der Waals surface area (Å²) in [6.45, 7) is 14.9. The van der Waals surface area contributed by atoms with Crippen LogP contribution in [0.25, 0.3) is 0 Å². The van der Waals surface area contributed by atoms with Gasteiger partial charge in [0.15, 0.2) is 0 Å². The van der Waals surface area contributed by atoms with Crippen molar-refractivity contribution in [2.75, 3.05) is 39.3 Å². The van der Waals surface area contributed by atoms with E-state index in [0.29, 0.717) is 0 Å². The third-order valence-electron chi connectivity index (χ3n) is 3.10. The Morgan fingerprint density at radius 1 is 0.667 bits per heavy atom. The van der Waals surface area contributed by atoms with Crippen molar-refractivity contribution in [2.45, 2.75) is 59.5 Å². The fraction of sp³-hybridized carbons (Fsp3) is 1.00. The smallest absolute Gasteiger partial charge is 0.0793 e. The molecular formula is C15H34N2O. The van der Waals surface area contributed by atoms with Gasteiger partial charge in [-0.25, -0.2) is 0 Å². The number of hydrogen-bond acceptors (Lipinski definition) is 3. The lowest BCUT2D eigenvalue weighted by Gasteiger charge is -2.28. The van der Waals surface area contributed by atoms with Gasteiger partial charge in [0.1, 0.15) is 0 Å². The fourth-order valence-electron chi connectivity index (χ4n) is 2.51. The van der Waals surface area contributed by atoms with E-state index in [9.17, 15) is 5.11 Å². The Morgan fingerprint density at radius 2 is 0.944 bits per heavy atom. The Bertz CT molecular complexity index is 146. The molecule has 0 aliphatic rings. The molecule has 0 heterocycles. The maximum Gasteiger partial charge on any atom is 0.0793 e. The van der Waals surface area contributed by atoms with Gasteiger partial charge in [0.05, 0.1) is 6.10 Å². The highest BCUT2D eigenvalue weighted by molar-refractivity contribution is 4.69. The van der Waals surface area contributed by atoms with Crippen LogP contribution >= 0.6 is 0 Å². The van der Waals surface area contributed by atoms with E-state index in [4.69, 9.17) is 0 Å². The zero-order valence-corrected chi connectivity index (χ0v) is 13.0. The van der Waals surface area contributed by atoms with Crippen molar-refractivity contribution in [3.63, 3.8) is 0 Å². The van der Waals surface area contributed by atoms with Gasteiger partial charge in [-0.15, -0.1) is 0 Å². The first-order chi connectivity index (χ1) is 8.67. The summed E-state index contributed by atoms with van der Waals surface area (Å²) in [4.78, 5) is 4.78. The van der Waals surface area contributed by atoms with Gasteiger partial charge < -0.3 is 14.9 Å². The summed E-state index contributed by atoms with van der Waals surface area (Å²) in [7, 11) is 0. The minimum atomic E-state index is -0.207. The molecule has 0 amide bonds. The van der Waals surface area contributed by atoms with Gasteiger partial charge in [-0.05, 0) is 51.9 Å². The topological polar surface area (TPSA) is 26.7 Å². The van der Waals surface area contributed by atoms with E-state index in [1.165, 1.54) is 25.7 Å². The predicted molar refractivity (Wildman–Crippen MR) is 80.1 cm³/mol. The van der Waals surface area contributed by atoms with E-state index in [0.717, 1.165) is 39.3 Å². The van der Waals surface area contributed by atoms with Crippen LogP contribution in [0.2, 0.25) is 0 Å². The van der Waals surface area contributed by atoms with Crippen LogP contribution in [0.15, 0.2) is 0 Å². The lowest BCUT2D eigenvalue weighted by Crippen LogP contribution is -2.41. The van der Waals surface area contributed by atoms with Gasteiger partial charge in [0, 0.05) is 13.1 Å². The molecule has 0 aromatic heterocycles. The third kappa shape index (κ3) is 8.90. The SMILES string of the molecule is CCCN(CCC)CC(O)CN(CCC)CCC. The average molecular weight is 258 g/mol. The van der Waals surface area contributed by atoms with Gasteiger partial charge in [-0.3, -0.25) is 0 Å². The Morgan fingerprint density at radius 3 is 1.17 bits per heavy atom. The van der Waals surface area contributed by atoms with E-state index in [-0.39, 0.29) is 6.10 Å². The van der Waals surface area contributed by atoms with Crippen molar-refractivity contribution in [1.29, 1.82) is 0 Å². The molecule has 0 aliphatic heterocycles. The summed E-state index contributed by atoms with van der Waals surface area (Å²) in [5.41, 5.74) is 0. The van der Waals surface area contributed by atoms with Crippen LogP contribution in [0.3, 0.4) is 0 Å². The molecule has 0 rings (SSSR count). The van der Waals surface area contributed by atoms with E-state index in [2.05, 4.69) is 37.5 Å². The van der Waals surface area contributed by atoms with Crippen molar-refractivity contribution < 1.29 is 5.11 Å². The minimum Gasteiger partial charge on any atom is -0.390 e. The molecule has 18 heavy (non-hydrogen) atoms. The summed E-state index contributed by atoms with van der Waals surface area (Å²) in [5, 5.41) is 10.2. The van der Waals surface area contributed by atoms with Crippen molar-refractivity contribution in [3.8, 4) is 0 Å². The van der Waals surface area contributed by atoms with Gasteiger partial charge in [-0.2, -0.15) is 0 Å². The molecule has 1 N–H and O–H groups in total. The van der Waals surface area contributed by atoms with Gasteiger partial charge in [0.2, 0.25) is 0 Å². The highest BCUT2D eigenvalue weighted by Crippen LogP contribution is 2.01. The number of rotatable bonds is 12. The fourth-order valence-corrected chi connectivity index (χ4v) is 2.51. The maximum absolute atomic E-state index is 10.2. The normalized spacial score (nSPS) is 12.0. The Balaban J connectivity index is 4.05. The first-order valence-electron chi connectivity index (χ1n) is 7.80. The highest BCUT2D eigenvalue weighted by atomic mass is 16.3. The molecule has 3 nitrogen and oxygen atoms in total. The van der Waals surface area contributed by atoms with E-state index in [1.54, 1.807) is 0 Å². The van der Waals surface area contributed by atoms with Crippen molar-refractivity contribution >= 4 is 0 Å². The average Bonchev–Trinajstić information content (AvgIpc) is 2.30. The Kier molecular flexibility index (Phi) is 11.9. The molecule has 0 spiro atoms. The van der Waals surface area contributed by atoms with Gasteiger partial charge in [0.25, 0.3) is 0 Å². The molecular weight excluding hydrogens is 224 g/mol. The van der Waals surface area contributed by atoms with Gasteiger partial charge >= 0.3 is 0 Å². The van der Waals surface area contributed by atoms with Crippen LogP contribution in [0.4, 0.5) is 0 Å². The number of nitrogens with zero attached hydrogens (tertiary/aromatic N) is 2. The largest absolute Gasteiger partial charge is 0.390 e. The molecule has 0 bridgehead atoms. The van der Waals surface area contributed by atoms with E-state index in [1.807, 2.05) is 0 Å². The molecule has 3 heteroatoms. The van der Waals surface area contributed by atoms with Crippen LogP contribution in [0.1, 0.15) is 53.4 Å². The lowest BCUT2D eigenvalue weighted by atomic mass is 10.2. The van der Waals surface area contributed by atoms with Crippen molar-refractivity contribution in [1.82, 2.24) is 9.80 Å². The second kappa shape index (κ2) is 11.9. The van der Waals surface area contributed by atoms with E-state index < -0.39 is 0 Å². The van der Waals surface area contributed by atoms with Crippen molar-refractivity contribution in [2.24, 2.45) is 0 Å². The molecule has 0 aliphatic carbocycles. The molecule has 0 saturated heterocycles. The van der Waals surface area contributed by atoms with Crippen LogP contribution in [-0.4, -0.2) is 60.3 Å². The Hall–Kier alpha value is -0.120. The Labute approximate surface area is 114 Å². The standard InChI is InChI=1S/C15H34N2O/c1-5-9-16(10-6-2)13-15(18)14-17(11-7-3)12-8-4/h15,18H,5-14H2,1-4H3. The summed E-state index contributed by atoms with van der Waals surface area (Å²) in [6, 6.07) is 0. The summed E-state index contributed by atoms with van der Waals surface area (Å²) >= 11 is 0. The highest BCUT2D eigenvalue weighted by Gasteiger charge is 2.13. The van der Waals surface area contributed by atoms with Crippen LogP contribution < -0.4 is 0 Å². The van der Waals surface area contributed by atoms with E-state index >= 15 is 0 Å². The predicted octanol–water partition coefficient (Wildman–Crippen LogP) is 2.59. The van der Waals surface area contributed by atoms with Crippen LogP contribution in [0, 0.1) is 0 Å². The third-order valence-corrected chi connectivity index (χ3v) is 3.10. The molecule has 0 fully saturated rings. The molecule has 0 atom stereocenters. The van der Waals surface area contributed by atoms with Crippen LogP contribution in [0.5, 0.6) is 0 Å². The number of aliphatic hydroxyl groups excluding tert-OH is 1. The number of aliphatic hydroxyl groups is 1. The molecule has 110 valence electrons.